The van der Waals surface area contributed by atoms with E-state index in [0.29, 0.717) is 12.3 Å². The number of hydrogen-bond acceptors (Lipinski definition) is 7. The molecule has 0 saturated carbocycles. The van der Waals surface area contributed by atoms with E-state index in [4.69, 9.17) is 4.74 Å². The molecule has 0 unspecified atom stereocenters. The Labute approximate surface area is 153 Å². The van der Waals surface area contributed by atoms with Gasteiger partial charge in [0.15, 0.2) is 12.4 Å². The van der Waals surface area contributed by atoms with Gasteiger partial charge in [-0.3, -0.25) is 14.9 Å². The third-order valence-corrected chi connectivity index (χ3v) is 3.59. The molecule has 0 radical (unpaired) electrons. The largest absolute Gasteiger partial charge is 0.477 e. The molecule has 1 N–H and O–H groups in total. The second-order valence-electron chi connectivity index (χ2n) is 5.63. The Morgan fingerprint density at radius 1 is 1.26 bits per heavy atom. The third-order valence-electron chi connectivity index (χ3n) is 3.59. The van der Waals surface area contributed by atoms with Gasteiger partial charge < -0.3 is 4.74 Å². The van der Waals surface area contributed by atoms with E-state index < -0.39 is 17.4 Å². The van der Waals surface area contributed by atoms with Gasteiger partial charge in [0.2, 0.25) is 0 Å². The van der Waals surface area contributed by atoms with E-state index >= 15 is 0 Å². The minimum Gasteiger partial charge on any atom is -0.477 e. The van der Waals surface area contributed by atoms with Crippen molar-refractivity contribution in [3.05, 3.63) is 58.6 Å². The summed E-state index contributed by atoms with van der Waals surface area (Å²) in [6.07, 6.45) is 0. The maximum Gasteiger partial charge on any atom is 0.310 e. The summed E-state index contributed by atoms with van der Waals surface area (Å²) >= 11 is 0. The van der Waals surface area contributed by atoms with Crippen LogP contribution in [0.1, 0.15) is 6.92 Å². The molecule has 3 rings (SSSR count). The van der Waals surface area contributed by atoms with E-state index in [9.17, 15) is 14.9 Å². The molecule has 0 bridgehead atoms. The summed E-state index contributed by atoms with van der Waals surface area (Å²) in [6.45, 7) is 1.69. The highest BCUT2D eigenvalue weighted by Gasteiger charge is 2.14. The SMILES string of the molecule is CC(Cn1nnc2ccccc21)=NNC(=O)COc1ccccc1[N+](=O)[O-]. The predicted molar refractivity (Wildman–Crippen MR) is 97.4 cm³/mol. The fraction of sp³-hybridized carbons (Fsp3) is 0.176. The highest BCUT2D eigenvalue weighted by molar-refractivity contribution is 5.86. The summed E-state index contributed by atoms with van der Waals surface area (Å²) in [5.74, 6) is -0.511. The third kappa shape index (κ3) is 4.42. The number of carbonyl (C=O) groups is 1. The quantitative estimate of drug-likeness (QED) is 0.386. The van der Waals surface area contributed by atoms with Crippen molar-refractivity contribution >= 4 is 28.3 Å². The molecule has 0 fully saturated rings. The number of para-hydroxylation sites is 3. The van der Waals surface area contributed by atoms with Gasteiger partial charge in [0.05, 0.1) is 22.7 Å². The number of rotatable bonds is 7. The molecular formula is C17H16N6O4. The Morgan fingerprint density at radius 2 is 2.00 bits per heavy atom. The average Bonchev–Trinajstić information content (AvgIpc) is 3.08. The van der Waals surface area contributed by atoms with Crippen LogP contribution in [0.25, 0.3) is 11.0 Å². The first-order chi connectivity index (χ1) is 13.0. The highest BCUT2D eigenvalue weighted by Crippen LogP contribution is 2.25. The average molecular weight is 368 g/mol. The molecule has 138 valence electrons. The van der Waals surface area contributed by atoms with Crippen LogP contribution in [0, 0.1) is 10.1 Å². The number of nitrogens with zero attached hydrogens (tertiary/aromatic N) is 5. The van der Waals surface area contributed by atoms with E-state index in [-0.39, 0.29) is 11.4 Å². The van der Waals surface area contributed by atoms with Crippen molar-refractivity contribution in [1.29, 1.82) is 0 Å². The zero-order valence-electron chi connectivity index (χ0n) is 14.4. The van der Waals surface area contributed by atoms with Gasteiger partial charge in [-0.2, -0.15) is 5.10 Å². The lowest BCUT2D eigenvalue weighted by molar-refractivity contribution is -0.385. The lowest BCUT2D eigenvalue weighted by Crippen LogP contribution is -2.26. The van der Waals surface area contributed by atoms with E-state index in [1.807, 2.05) is 24.3 Å². The van der Waals surface area contributed by atoms with Crippen LogP contribution in [-0.4, -0.2) is 38.1 Å². The summed E-state index contributed by atoms with van der Waals surface area (Å²) in [4.78, 5) is 22.2. The number of amides is 1. The van der Waals surface area contributed by atoms with Gasteiger partial charge in [0.25, 0.3) is 5.91 Å². The van der Waals surface area contributed by atoms with Crippen LogP contribution in [0.2, 0.25) is 0 Å². The molecular weight excluding hydrogens is 352 g/mol. The number of hydrogen-bond donors (Lipinski definition) is 1. The first-order valence-electron chi connectivity index (χ1n) is 8.01. The Morgan fingerprint density at radius 3 is 2.81 bits per heavy atom. The van der Waals surface area contributed by atoms with Crippen LogP contribution < -0.4 is 10.2 Å². The summed E-state index contributed by atoms with van der Waals surface area (Å²) in [5.41, 5.74) is 4.38. The Balaban J connectivity index is 1.56. The zero-order valence-corrected chi connectivity index (χ0v) is 14.4. The van der Waals surface area contributed by atoms with E-state index in [1.54, 1.807) is 17.7 Å². The number of aromatic nitrogens is 3. The number of nitrogens with one attached hydrogen (secondary N) is 1. The lowest BCUT2D eigenvalue weighted by Gasteiger charge is -2.06. The van der Waals surface area contributed by atoms with Gasteiger partial charge >= 0.3 is 5.69 Å². The molecule has 1 aromatic heterocycles. The summed E-state index contributed by atoms with van der Waals surface area (Å²) < 4.78 is 6.88. The molecule has 0 atom stereocenters. The van der Waals surface area contributed by atoms with Gasteiger partial charge in [-0.15, -0.1) is 5.10 Å². The second-order valence-corrected chi connectivity index (χ2v) is 5.63. The Hall–Kier alpha value is -3.82. The maximum atomic E-state index is 11.9. The fourth-order valence-electron chi connectivity index (χ4n) is 2.35. The molecule has 0 aliphatic heterocycles. The van der Waals surface area contributed by atoms with Crippen LogP contribution in [0.5, 0.6) is 5.75 Å². The molecule has 0 saturated heterocycles. The molecule has 1 heterocycles. The zero-order chi connectivity index (χ0) is 19.2. The Bertz CT molecular complexity index is 1010. The monoisotopic (exact) mass is 368 g/mol. The molecule has 10 heteroatoms. The van der Waals surface area contributed by atoms with Crippen molar-refractivity contribution in [3.63, 3.8) is 0 Å². The summed E-state index contributed by atoms with van der Waals surface area (Å²) in [5, 5.41) is 23.0. The number of hydrazone groups is 1. The fourth-order valence-corrected chi connectivity index (χ4v) is 2.35. The molecule has 2 aromatic carbocycles. The molecule has 0 spiro atoms. The summed E-state index contributed by atoms with van der Waals surface area (Å²) in [7, 11) is 0. The van der Waals surface area contributed by atoms with Gasteiger partial charge in [-0.05, 0) is 25.1 Å². The standard InChI is InChI=1S/C17H16N6O4/c1-12(10-22-14-7-3-2-6-13(14)19-21-22)18-20-17(24)11-27-16-9-5-4-8-15(16)23(25)26/h2-9H,10-11H2,1H3,(H,20,24). The predicted octanol–water partition coefficient (Wildman–Crippen LogP) is 1.91. The van der Waals surface area contributed by atoms with Crippen LogP contribution in [0.15, 0.2) is 53.6 Å². The number of benzene rings is 2. The van der Waals surface area contributed by atoms with Crippen LogP contribution in [-0.2, 0) is 11.3 Å². The van der Waals surface area contributed by atoms with Gasteiger partial charge in [-0.1, -0.05) is 29.5 Å². The molecule has 27 heavy (non-hydrogen) atoms. The second kappa shape index (κ2) is 8.04. The van der Waals surface area contributed by atoms with Gasteiger partial charge in [0, 0.05) is 6.07 Å². The van der Waals surface area contributed by atoms with Crippen molar-refractivity contribution in [2.45, 2.75) is 13.5 Å². The number of carbonyl (C=O) groups excluding carboxylic acids is 1. The van der Waals surface area contributed by atoms with Crippen molar-refractivity contribution < 1.29 is 14.5 Å². The maximum absolute atomic E-state index is 11.9. The van der Waals surface area contributed by atoms with Crippen molar-refractivity contribution in [2.24, 2.45) is 5.10 Å². The van der Waals surface area contributed by atoms with Crippen LogP contribution in [0.3, 0.4) is 0 Å². The first-order valence-corrected chi connectivity index (χ1v) is 8.01. The number of ether oxygens (including phenoxy) is 1. The topological polar surface area (TPSA) is 125 Å². The minimum absolute atomic E-state index is 0.0208. The van der Waals surface area contributed by atoms with Gasteiger partial charge in [0.1, 0.15) is 5.52 Å². The minimum atomic E-state index is -0.571. The van der Waals surface area contributed by atoms with Crippen molar-refractivity contribution in [2.75, 3.05) is 6.61 Å². The number of fused-ring (bicyclic) bond motifs is 1. The number of nitro benzene ring substituents is 1. The molecule has 0 aliphatic carbocycles. The molecule has 3 aromatic rings. The van der Waals surface area contributed by atoms with E-state index in [0.717, 1.165) is 11.0 Å². The van der Waals surface area contributed by atoms with E-state index in [1.165, 1.54) is 18.2 Å². The van der Waals surface area contributed by atoms with Gasteiger partial charge in [-0.25, -0.2) is 10.1 Å². The van der Waals surface area contributed by atoms with Crippen molar-refractivity contribution in [1.82, 2.24) is 20.4 Å². The van der Waals surface area contributed by atoms with Crippen LogP contribution >= 0.6 is 0 Å². The first kappa shape index (κ1) is 18.0. The lowest BCUT2D eigenvalue weighted by atomic mass is 10.3. The molecule has 0 aliphatic rings. The van der Waals surface area contributed by atoms with Crippen molar-refractivity contribution in [3.8, 4) is 5.75 Å². The number of nitro groups is 1. The van der Waals surface area contributed by atoms with Crippen LogP contribution in [0.4, 0.5) is 5.69 Å². The normalized spacial score (nSPS) is 11.4. The Kier molecular flexibility index (Phi) is 5.36. The van der Waals surface area contributed by atoms with E-state index in [2.05, 4.69) is 20.8 Å². The molecule has 10 nitrogen and oxygen atoms in total. The summed E-state index contributed by atoms with van der Waals surface area (Å²) in [6, 6.07) is 13.3. The smallest absolute Gasteiger partial charge is 0.310 e. The molecule has 1 amide bonds. The highest BCUT2D eigenvalue weighted by atomic mass is 16.6.